The van der Waals surface area contributed by atoms with Crippen molar-refractivity contribution >= 4 is 5.91 Å². The molecule has 1 amide bonds. The molecule has 4 heteroatoms. The van der Waals surface area contributed by atoms with Gasteiger partial charge in [0.25, 0.3) is 0 Å². The number of rotatable bonds is 2. The van der Waals surface area contributed by atoms with Crippen LogP contribution in [0.25, 0.3) is 0 Å². The number of nitrogens with one attached hydrogen (secondary N) is 2. The lowest BCUT2D eigenvalue weighted by molar-refractivity contribution is -0.128. The first-order valence-electron chi connectivity index (χ1n) is 4.95. The zero-order valence-corrected chi connectivity index (χ0v) is 7.71. The second-order valence-corrected chi connectivity index (χ2v) is 3.78. The molecule has 13 heavy (non-hydrogen) atoms. The van der Waals surface area contributed by atoms with Crippen LogP contribution < -0.4 is 10.6 Å². The van der Waals surface area contributed by atoms with Gasteiger partial charge in [0.15, 0.2) is 0 Å². The molecule has 0 aliphatic carbocycles. The van der Waals surface area contributed by atoms with Crippen LogP contribution in [0.4, 0.5) is 0 Å². The predicted octanol–water partition coefficient (Wildman–Crippen LogP) is -0.499. The van der Waals surface area contributed by atoms with Crippen LogP contribution in [0.15, 0.2) is 0 Å². The molecule has 2 aliphatic heterocycles. The minimum absolute atomic E-state index is 0.189. The van der Waals surface area contributed by atoms with Gasteiger partial charge in [0.2, 0.25) is 5.91 Å². The van der Waals surface area contributed by atoms with Gasteiger partial charge in [-0.2, -0.15) is 0 Å². The van der Waals surface area contributed by atoms with E-state index in [1.807, 2.05) is 0 Å². The fraction of sp³-hybridized carbons (Fsp3) is 0.889. The molecule has 0 bridgehead atoms. The summed E-state index contributed by atoms with van der Waals surface area (Å²) < 4.78 is 5.28. The molecular formula is C9H16N2O2. The molecular weight excluding hydrogens is 168 g/mol. The number of hydrogen-bond donors (Lipinski definition) is 2. The van der Waals surface area contributed by atoms with E-state index in [1.165, 1.54) is 0 Å². The van der Waals surface area contributed by atoms with Crippen LogP contribution >= 0.6 is 0 Å². The first-order valence-corrected chi connectivity index (χ1v) is 4.95. The average molecular weight is 184 g/mol. The summed E-state index contributed by atoms with van der Waals surface area (Å²) in [6, 6.07) is 0.252. The van der Waals surface area contributed by atoms with Crippen LogP contribution in [-0.2, 0) is 9.53 Å². The quantitative estimate of drug-likeness (QED) is 0.608. The van der Waals surface area contributed by atoms with Gasteiger partial charge in [-0.3, -0.25) is 4.79 Å². The lowest BCUT2D eigenvalue weighted by atomic mass is 10.0. The Morgan fingerprint density at radius 1 is 1.46 bits per heavy atom. The molecule has 2 N–H and O–H groups in total. The van der Waals surface area contributed by atoms with E-state index in [1.54, 1.807) is 0 Å². The van der Waals surface area contributed by atoms with E-state index in [-0.39, 0.29) is 17.9 Å². The highest BCUT2D eigenvalue weighted by Crippen LogP contribution is 2.08. The SMILES string of the molecule is O=C(NC1CCCOC1)C1CNC1. The summed E-state index contributed by atoms with van der Waals surface area (Å²) in [5, 5.41) is 6.10. The maximum absolute atomic E-state index is 11.5. The second kappa shape index (κ2) is 4.07. The molecule has 2 fully saturated rings. The van der Waals surface area contributed by atoms with Gasteiger partial charge in [-0.15, -0.1) is 0 Å². The molecule has 2 aliphatic rings. The maximum atomic E-state index is 11.5. The highest BCUT2D eigenvalue weighted by molar-refractivity contribution is 5.80. The number of ether oxygens (including phenoxy) is 1. The van der Waals surface area contributed by atoms with Gasteiger partial charge in [0, 0.05) is 19.7 Å². The van der Waals surface area contributed by atoms with Gasteiger partial charge in [0.1, 0.15) is 0 Å². The van der Waals surface area contributed by atoms with Gasteiger partial charge in [-0.05, 0) is 12.8 Å². The minimum atomic E-state index is 0.189. The number of carbonyl (C=O) groups excluding carboxylic acids is 1. The highest BCUT2D eigenvalue weighted by Gasteiger charge is 2.27. The summed E-state index contributed by atoms with van der Waals surface area (Å²) >= 11 is 0. The lowest BCUT2D eigenvalue weighted by Crippen LogP contribution is -2.53. The topological polar surface area (TPSA) is 50.4 Å². The summed E-state index contributed by atoms with van der Waals surface area (Å²) in [5.74, 6) is 0.385. The van der Waals surface area contributed by atoms with Crippen molar-refractivity contribution in [3.63, 3.8) is 0 Å². The Hall–Kier alpha value is -0.610. The monoisotopic (exact) mass is 184 g/mol. The molecule has 0 spiro atoms. The van der Waals surface area contributed by atoms with E-state index in [2.05, 4.69) is 10.6 Å². The Balaban J connectivity index is 1.72. The Kier molecular flexibility index (Phi) is 2.80. The smallest absolute Gasteiger partial charge is 0.225 e. The standard InChI is InChI=1S/C9H16N2O2/c12-9(7-4-10-5-7)11-8-2-1-3-13-6-8/h7-8,10H,1-6H2,(H,11,12). The van der Waals surface area contributed by atoms with Crippen LogP contribution in [0.5, 0.6) is 0 Å². The first kappa shape index (κ1) is 8.97. The van der Waals surface area contributed by atoms with Gasteiger partial charge in [-0.25, -0.2) is 0 Å². The van der Waals surface area contributed by atoms with Crippen LogP contribution in [0.2, 0.25) is 0 Å². The van der Waals surface area contributed by atoms with Crippen LogP contribution in [0.3, 0.4) is 0 Å². The third-order valence-corrected chi connectivity index (χ3v) is 2.66. The maximum Gasteiger partial charge on any atom is 0.225 e. The van der Waals surface area contributed by atoms with Crippen LogP contribution in [-0.4, -0.2) is 38.3 Å². The van der Waals surface area contributed by atoms with Crippen molar-refractivity contribution in [2.45, 2.75) is 18.9 Å². The molecule has 4 nitrogen and oxygen atoms in total. The Labute approximate surface area is 78.0 Å². The van der Waals surface area contributed by atoms with Crippen molar-refractivity contribution in [3.05, 3.63) is 0 Å². The van der Waals surface area contributed by atoms with Crippen molar-refractivity contribution in [1.29, 1.82) is 0 Å². The summed E-state index contributed by atoms with van der Waals surface area (Å²) in [6.45, 7) is 3.20. The second-order valence-electron chi connectivity index (χ2n) is 3.78. The van der Waals surface area contributed by atoms with E-state index < -0.39 is 0 Å². The Morgan fingerprint density at radius 2 is 2.31 bits per heavy atom. The molecule has 0 radical (unpaired) electrons. The van der Waals surface area contributed by atoms with E-state index in [4.69, 9.17) is 4.74 Å². The van der Waals surface area contributed by atoms with E-state index in [0.717, 1.165) is 32.5 Å². The lowest BCUT2D eigenvalue weighted by Gasteiger charge is -2.29. The van der Waals surface area contributed by atoms with Crippen LogP contribution in [0, 0.1) is 5.92 Å². The highest BCUT2D eigenvalue weighted by atomic mass is 16.5. The summed E-state index contributed by atoms with van der Waals surface area (Å²) in [4.78, 5) is 11.5. The van der Waals surface area contributed by atoms with Gasteiger partial charge in [-0.1, -0.05) is 0 Å². The summed E-state index contributed by atoms with van der Waals surface area (Å²) in [5.41, 5.74) is 0. The Bertz CT molecular complexity index is 186. The molecule has 74 valence electrons. The molecule has 0 aromatic carbocycles. The van der Waals surface area contributed by atoms with E-state index in [9.17, 15) is 4.79 Å². The van der Waals surface area contributed by atoms with Gasteiger partial charge in [0.05, 0.1) is 18.6 Å². The number of hydrogen-bond acceptors (Lipinski definition) is 3. The summed E-state index contributed by atoms with van der Waals surface area (Å²) in [6.07, 6.45) is 2.12. The van der Waals surface area contributed by atoms with Gasteiger partial charge >= 0.3 is 0 Å². The molecule has 0 saturated carbocycles. The average Bonchev–Trinajstić information content (AvgIpc) is 2.02. The van der Waals surface area contributed by atoms with E-state index in [0.29, 0.717) is 6.61 Å². The minimum Gasteiger partial charge on any atom is -0.379 e. The van der Waals surface area contributed by atoms with Crippen molar-refractivity contribution in [3.8, 4) is 0 Å². The number of amides is 1. The predicted molar refractivity (Wildman–Crippen MR) is 48.3 cm³/mol. The molecule has 2 heterocycles. The van der Waals surface area contributed by atoms with Crippen molar-refractivity contribution in [1.82, 2.24) is 10.6 Å². The summed E-state index contributed by atoms with van der Waals surface area (Å²) in [7, 11) is 0. The largest absolute Gasteiger partial charge is 0.379 e. The molecule has 2 rings (SSSR count). The molecule has 1 atom stereocenters. The van der Waals surface area contributed by atoms with Crippen molar-refractivity contribution in [2.24, 2.45) is 5.92 Å². The Morgan fingerprint density at radius 3 is 2.85 bits per heavy atom. The normalized spacial score (nSPS) is 29.4. The van der Waals surface area contributed by atoms with Gasteiger partial charge < -0.3 is 15.4 Å². The first-order chi connectivity index (χ1) is 6.36. The fourth-order valence-corrected chi connectivity index (χ4v) is 1.65. The molecule has 2 saturated heterocycles. The van der Waals surface area contributed by atoms with Crippen molar-refractivity contribution < 1.29 is 9.53 Å². The third-order valence-electron chi connectivity index (χ3n) is 2.66. The fourth-order valence-electron chi connectivity index (χ4n) is 1.65. The zero-order valence-electron chi connectivity index (χ0n) is 7.71. The van der Waals surface area contributed by atoms with E-state index >= 15 is 0 Å². The molecule has 0 aromatic heterocycles. The molecule has 0 aromatic rings. The number of carbonyl (C=O) groups is 1. The zero-order chi connectivity index (χ0) is 9.10. The third kappa shape index (κ3) is 2.19. The van der Waals surface area contributed by atoms with Crippen LogP contribution in [0.1, 0.15) is 12.8 Å². The van der Waals surface area contributed by atoms with Crippen molar-refractivity contribution in [2.75, 3.05) is 26.3 Å². The molecule has 1 unspecified atom stereocenters.